The van der Waals surface area contributed by atoms with Crippen LogP contribution in [0.4, 0.5) is 5.82 Å². The molecule has 1 aromatic heterocycles. The molecule has 2 aliphatic rings. The van der Waals surface area contributed by atoms with Crippen LogP contribution in [0, 0.1) is 0 Å². The number of hydrogen-bond acceptors (Lipinski definition) is 6. The minimum absolute atomic E-state index is 0.644. The predicted molar refractivity (Wildman–Crippen MR) is 82.7 cm³/mol. The summed E-state index contributed by atoms with van der Waals surface area (Å²) in [6, 6.07) is 2.69. The van der Waals surface area contributed by atoms with Gasteiger partial charge in [-0.3, -0.25) is 4.90 Å². The van der Waals surface area contributed by atoms with Crippen molar-refractivity contribution in [1.29, 1.82) is 0 Å². The SMILES string of the molecule is COc1cc(N2CCC(N3CCSCC3)CC2)ncn1. The van der Waals surface area contributed by atoms with Gasteiger partial charge in [0.05, 0.1) is 7.11 Å². The highest BCUT2D eigenvalue weighted by atomic mass is 32.2. The Kier molecular flexibility index (Phi) is 4.62. The number of piperidine rings is 1. The van der Waals surface area contributed by atoms with Crippen molar-refractivity contribution in [3.8, 4) is 5.88 Å². The normalized spacial score (nSPS) is 21.9. The lowest BCUT2D eigenvalue weighted by Crippen LogP contribution is -2.48. The molecule has 2 aliphatic heterocycles. The lowest BCUT2D eigenvalue weighted by molar-refractivity contribution is 0.185. The Balaban J connectivity index is 1.57. The van der Waals surface area contributed by atoms with Gasteiger partial charge in [0.1, 0.15) is 12.1 Å². The Morgan fingerprint density at radius 2 is 1.90 bits per heavy atom. The average molecular weight is 294 g/mol. The van der Waals surface area contributed by atoms with Crippen molar-refractivity contribution in [2.45, 2.75) is 18.9 Å². The van der Waals surface area contributed by atoms with Crippen molar-refractivity contribution >= 4 is 17.6 Å². The van der Waals surface area contributed by atoms with Crippen LogP contribution in [0.1, 0.15) is 12.8 Å². The molecule has 20 heavy (non-hydrogen) atoms. The van der Waals surface area contributed by atoms with Crippen LogP contribution in [0.25, 0.3) is 0 Å². The van der Waals surface area contributed by atoms with E-state index in [1.807, 2.05) is 6.07 Å². The fourth-order valence-corrected chi connectivity index (χ4v) is 3.95. The molecule has 5 nitrogen and oxygen atoms in total. The first-order valence-electron chi connectivity index (χ1n) is 7.29. The van der Waals surface area contributed by atoms with E-state index in [9.17, 15) is 0 Å². The molecule has 0 saturated carbocycles. The predicted octanol–water partition coefficient (Wildman–Crippen LogP) is 1.50. The van der Waals surface area contributed by atoms with Gasteiger partial charge in [-0.05, 0) is 12.8 Å². The molecule has 0 amide bonds. The maximum atomic E-state index is 5.17. The van der Waals surface area contributed by atoms with E-state index in [1.165, 1.54) is 37.4 Å². The fraction of sp³-hybridized carbons (Fsp3) is 0.714. The Hall–Kier alpha value is -1.01. The second-order valence-corrected chi connectivity index (χ2v) is 6.51. The maximum absolute atomic E-state index is 5.17. The van der Waals surface area contributed by atoms with Gasteiger partial charge in [-0.2, -0.15) is 11.8 Å². The lowest BCUT2D eigenvalue weighted by atomic mass is 10.0. The summed E-state index contributed by atoms with van der Waals surface area (Å²) in [6.45, 7) is 4.68. The van der Waals surface area contributed by atoms with Crippen molar-refractivity contribution in [1.82, 2.24) is 14.9 Å². The summed E-state index contributed by atoms with van der Waals surface area (Å²) < 4.78 is 5.17. The van der Waals surface area contributed by atoms with E-state index in [0.717, 1.165) is 24.9 Å². The number of rotatable bonds is 3. The quantitative estimate of drug-likeness (QED) is 0.841. The van der Waals surface area contributed by atoms with E-state index in [1.54, 1.807) is 13.4 Å². The second-order valence-electron chi connectivity index (χ2n) is 5.29. The second kappa shape index (κ2) is 6.63. The standard InChI is InChI=1S/C14H22N4OS/c1-19-14-10-13(15-11-16-14)18-4-2-12(3-5-18)17-6-8-20-9-7-17/h10-12H,2-9H2,1H3. The first-order valence-corrected chi connectivity index (χ1v) is 8.45. The number of aromatic nitrogens is 2. The molecule has 3 heterocycles. The Bertz CT molecular complexity index is 431. The Labute approximate surface area is 124 Å². The van der Waals surface area contributed by atoms with Crippen LogP contribution >= 0.6 is 11.8 Å². The fourth-order valence-electron chi connectivity index (χ4n) is 3.02. The molecular weight excluding hydrogens is 272 g/mol. The summed E-state index contributed by atoms with van der Waals surface area (Å²) >= 11 is 2.08. The van der Waals surface area contributed by atoms with Crippen LogP contribution in [-0.2, 0) is 0 Å². The summed E-state index contributed by atoms with van der Waals surface area (Å²) in [5, 5.41) is 0. The van der Waals surface area contributed by atoms with E-state index in [2.05, 4.69) is 31.5 Å². The number of anilines is 1. The Morgan fingerprint density at radius 3 is 2.60 bits per heavy atom. The molecule has 0 N–H and O–H groups in total. The van der Waals surface area contributed by atoms with Gasteiger partial charge >= 0.3 is 0 Å². The molecule has 3 rings (SSSR count). The number of ether oxygens (including phenoxy) is 1. The van der Waals surface area contributed by atoms with Crippen LogP contribution in [0.3, 0.4) is 0 Å². The van der Waals surface area contributed by atoms with Crippen molar-refractivity contribution in [3.05, 3.63) is 12.4 Å². The third-order valence-electron chi connectivity index (χ3n) is 4.19. The molecule has 0 aromatic carbocycles. The summed E-state index contributed by atoms with van der Waals surface area (Å²) in [5.41, 5.74) is 0. The van der Waals surface area contributed by atoms with Crippen molar-refractivity contribution < 1.29 is 4.74 Å². The van der Waals surface area contributed by atoms with E-state index in [-0.39, 0.29) is 0 Å². The van der Waals surface area contributed by atoms with E-state index in [4.69, 9.17) is 4.74 Å². The first kappa shape index (κ1) is 13.9. The zero-order valence-corrected chi connectivity index (χ0v) is 12.8. The molecule has 0 spiro atoms. The van der Waals surface area contributed by atoms with Gasteiger partial charge < -0.3 is 9.64 Å². The summed E-state index contributed by atoms with van der Waals surface area (Å²) in [4.78, 5) is 13.5. The minimum Gasteiger partial charge on any atom is -0.481 e. The van der Waals surface area contributed by atoms with Crippen LogP contribution < -0.4 is 9.64 Å². The molecule has 1 aromatic rings. The molecule has 2 saturated heterocycles. The Morgan fingerprint density at radius 1 is 1.15 bits per heavy atom. The molecule has 0 aliphatic carbocycles. The van der Waals surface area contributed by atoms with Gasteiger partial charge in [-0.1, -0.05) is 0 Å². The maximum Gasteiger partial charge on any atom is 0.218 e. The van der Waals surface area contributed by atoms with Crippen LogP contribution in [0.2, 0.25) is 0 Å². The topological polar surface area (TPSA) is 41.5 Å². The van der Waals surface area contributed by atoms with Gasteiger partial charge in [0.15, 0.2) is 0 Å². The highest BCUT2D eigenvalue weighted by Gasteiger charge is 2.26. The molecule has 6 heteroatoms. The molecule has 110 valence electrons. The van der Waals surface area contributed by atoms with Gasteiger partial charge in [-0.15, -0.1) is 0 Å². The molecule has 0 bridgehead atoms. The molecular formula is C14H22N4OS. The van der Waals surface area contributed by atoms with E-state index in [0.29, 0.717) is 5.88 Å². The molecule has 0 radical (unpaired) electrons. The third kappa shape index (κ3) is 3.17. The van der Waals surface area contributed by atoms with Crippen molar-refractivity contribution in [2.75, 3.05) is 49.7 Å². The van der Waals surface area contributed by atoms with Gasteiger partial charge in [0.25, 0.3) is 0 Å². The first-order chi connectivity index (χ1) is 9.86. The zero-order chi connectivity index (χ0) is 13.8. The van der Waals surface area contributed by atoms with E-state index >= 15 is 0 Å². The van der Waals surface area contributed by atoms with E-state index < -0.39 is 0 Å². The summed E-state index contributed by atoms with van der Waals surface area (Å²) in [5.74, 6) is 4.22. The van der Waals surface area contributed by atoms with Crippen molar-refractivity contribution in [3.63, 3.8) is 0 Å². The monoisotopic (exact) mass is 294 g/mol. The molecule has 0 unspecified atom stereocenters. The summed E-state index contributed by atoms with van der Waals surface area (Å²) in [6.07, 6.45) is 4.05. The number of hydrogen-bond donors (Lipinski definition) is 0. The van der Waals surface area contributed by atoms with Crippen LogP contribution in [0.5, 0.6) is 5.88 Å². The highest BCUT2D eigenvalue weighted by Crippen LogP contribution is 2.24. The van der Waals surface area contributed by atoms with Crippen molar-refractivity contribution in [2.24, 2.45) is 0 Å². The van der Waals surface area contributed by atoms with Crippen LogP contribution in [0.15, 0.2) is 12.4 Å². The van der Waals surface area contributed by atoms with Gasteiger partial charge in [0.2, 0.25) is 5.88 Å². The third-order valence-corrected chi connectivity index (χ3v) is 5.13. The number of methoxy groups -OCH3 is 1. The highest BCUT2D eigenvalue weighted by molar-refractivity contribution is 7.99. The van der Waals surface area contributed by atoms with Gasteiger partial charge in [-0.25, -0.2) is 9.97 Å². The number of nitrogens with zero attached hydrogens (tertiary/aromatic N) is 4. The average Bonchev–Trinajstić information content (AvgIpc) is 2.56. The minimum atomic E-state index is 0.644. The number of thioether (sulfide) groups is 1. The molecule has 2 fully saturated rings. The van der Waals surface area contributed by atoms with Gasteiger partial charge in [0, 0.05) is 49.8 Å². The summed E-state index contributed by atoms with van der Waals surface area (Å²) in [7, 11) is 1.65. The largest absolute Gasteiger partial charge is 0.481 e. The smallest absolute Gasteiger partial charge is 0.218 e. The van der Waals surface area contributed by atoms with Crippen LogP contribution in [-0.4, -0.2) is 65.7 Å². The molecule has 0 atom stereocenters. The zero-order valence-electron chi connectivity index (χ0n) is 12.0. The lowest BCUT2D eigenvalue weighted by Gasteiger charge is -2.40.